The lowest BCUT2D eigenvalue weighted by atomic mass is 10.2. The minimum atomic E-state index is -3.61. The monoisotopic (exact) mass is 258 g/mol. The number of hydrogen-bond acceptors (Lipinski definition) is 4. The first kappa shape index (κ1) is 12.4. The summed E-state index contributed by atoms with van der Waals surface area (Å²) >= 11 is 0. The first-order valence-corrected chi connectivity index (χ1v) is 5.34. The van der Waals surface area contributed by atoms with Crippen LogP contribution in [0.4, 0.5) is 14.5 Å². The molecule has 1 heterocycles. The van der Waals surface area contributed by atoms with Gasteiger partial charge in [0.05, 0.1) is 0 Å². The summed E-state index contributed by atoms with van der Waals surface area (Å²) in [5, 5.41) is 5.41. The van der Waals surface area contributed by atoms with Gasteiger partial charge in [-0.25, -0.2) is 0 Å². The van der Waals surface area contributed by atoms with Crippen LogP contribution < -0.4 is 20.1 Å². The van der Waals surface area contributed by atoms with E-state index in [1.54, 1.807) is 13.1 Å². The normalized spacial score (nSPS) is 15.3. The predicted octanol–water partition coefficient (Wildman–Crippen LogP) is 1.56. The second-order valence-corrected chi connectivity index (χ2v) is 3.68. The fourth-order valence-corrected chi connectivity index (χ4v) is 1.50. The molecule has 1 aliphatic heterocycles. The quantitative estimate of drug-likeness (QED) is 0.860. The van der Waals surface area contributed by atoms with Crippen LogP contribution in [0.5, 0.6) is 11.5 Å². The van der Waals surface area contributed by atoms with Gasteiger partial charge in [0.1, 0.15) is 0 Å². The molecule has 98 valence electrons. The molecular weight excluding hydrogens is 246 g/mol. The molecular formula is C11H12F2N2O3. The van der Waals surface area contributed by atoms with Crippen molar-refractivity contribution in [3.05, 3.63) is 18.2 Å². The zero-order valence-corrected chi connectivity index (χ0v) is 9.63. The van der Waals surface area contributed by atoms with E-state index in [2.05, 4.69) is 20.1 Å². The third-order valence-corrected chi connectivity index (χ3v) is 2.36. The highest BCUT2D eigenvalue weighted by atomic mass is 19.3. The average molecular weight is 258 g/mol. The molecule has 0 aromatic heterocycles. The number of ether oxygens (including phenoxy) is 2. The van der Waals surface area contributed by atoms with Gasteiger partial charge in [-0.2, -0.15) is 0 Å². The Balaban J connectivity index is 1.95. The smallest absolute Gasteiger partial charge is 0.395 e. The number of alkyl halides is 2. The molecule has 1 aromatic rings. The molecule has 18 heavy (non-hydrogen) atoms. The first-order valence-electron chi connectivity index (χ1n) is 5.34. The van der Waals surface area contributed by atoms with E-state index in [-0.39, 0.29) is 17.4 Å². The Bertz CT molecular complexity index is 466. The van der Waals surface area contributed by atoms with Crippen LogP contribution in [0.1, 0.15) is 6.42 Å². The van der Waals surface area contributed by atoms with E-state index in [4.69, 9.17) is 0 Å². The highest BCUT2D eigenvalue weighted by molar-refractivity contribution is 5.76. The molecule has 1 amide bonds. The summed E-state index contributed by atoms with van der Waals surface area (Å²) in [5.74, 6) is -0.128. The van der Waals surface area contributed by atoms with Gasteiger partial charge in [-0.3, -0.25) is 4.79 Å². The van der Waals surface area contributed by atoms with Gasteiger partial charge in [0.2, 0.25) is 5.91 Å². The number of benzene rings is 1. The lowest BCUT2D eigenvalue weighted by Crippen LogP contribution is -2.25. The summed E-state index contributed by atoms with van der Waals surface area (Å²) < 4.78 is 34.1. The Kier molecular flexibility index (Phi) is 3.22. The lowest BCUT2D eigenvalue weighted by Gasteiger charge is -2.06. The third-order valence-electron chi connectivity index (χ3n) is 2.36. The Hall–Kier alpha value is -2.05. The Morgan fingerprint density at radius 3 is 2.78 bits per heavy atom. The van der Waals surface area contributed by atoms with E-state index >= 15 is 0 Å². The standard InChI is InChI=1S/C11H12F2N2O3/c1-14-10(16)4-5-15-7-2-3-8-9(6-7)18-11(12,13)17-8/h2-3,6,15H,4-5H2,1H3,(H,14,16). The van der Waals surface area contributed by atoms with Crippen molar-refractivity contribution < 1.29 is 23.0 Å². The fourth-order valence-electron chi connectivity index (χ4n) is 1.50. The zero-order valence-electron chi connectivity index (χ0n) is 9.63. The van der Waals surface area contributed by atoms with Gasteiger partial charge in [0.25, 0.3) is 0 Å². The number of amides is 1. The molecule has 0 aliphatic carbocycles. The second-order valence-electron chi connectivity index (χ2n) is 3.68. The predicted molar refractivity (Wildman–Crippen MR) is 59.8 cm³/mol. The number of carbonyl (C=O) groups excluding carboxylic acids is 1. The maximum atomic E-state index is 12.8. The number of rotatable bonds is 4. The first-order chi connectivity index (χ1) is 8.50. The van der Waals surface area contributed by atoms with Crippen molar-refractivity contribution >= 4 is 11.6 Å². The molecule has 0 saturated carbocycles. The van der Waals surface area contributed by atoms with Crippen molar-refractivity contribution in [2.24, 2.45) is 0 Å². The van der Waals surface area contributed by atoms with Crippen LogP contribution in [0.2, 0.25) is 0 Å². The molecule has 1 aromatic carbocycles. The van der Waals surface area contributed by atoms with Gasteiger partial charge >= 0.3 is 6.29 Å². The highest BCUT2D eigenvalue weighted by Gasteiger charge is 2.43. The maximum absolute atomic E-state index is 12.8. The number of hydrogen-bond donors (Lipinski definition) is 2. The summed E-state index contributed by atoms with van der Waals surface area (Å²) in [6, 6.07) is 4.37. The summed E-state index contributed by atoms with van der Waals surface area (Å²) in [4.78, 5) is 11.0. The van der Waals surface area contributed by atoms with Gasteiger partial charge in [0, 0.05) is 31.8 Å². The van der Waals surface area contributed by atoms with Gasteiger partial charge in [-0.05, 0) is 12.1 Å². The van der Waals surface area contributed by atoms with Crippen LogP contribution in [0.3, 0.4) is 0 Å². The van der Waals surface area contributed by atoms with Crippen LogP contribution in [0.25, 0.3) is 0 Å². The number of halogens is 2. The minimum absolute atomic E-state index is 0.00292. The Morgan fingerprint density at radius 1 is 1.33 bits per heavy atom. The van der Waals surface area contributed by atoms with Crippen LogP contribution in [0, 0.1) is 0 Å². The topological polar surface area (TPSA) is 59.6 Å². The largest absolute Gasteiger partial charge is 0.586 e. The molecule has 2 N–H and O–H groups in total. The van der Waals surface area contributed by atoms with Crippen LogP contribution in [-0.2, 0) is 4.79 Å². The summed E-state index contributed by atoms with van der Waals surface area (Å²) in [5.41, 5.74) is 0.582. The van der Waals surface area contributed by atoms with Crippen molar-refractivity contribution in [1.82, 2.24) is 5.32 Å². The summed E-state index contributed by atoms with van der Waals surface area (Å²) in [7, 11) is 1.55. The van der Waals surface area contributed by atoms with Crippen molar-refractivity contribution in [2.45, 2.75) is 12.7 Å². The van der Waals surface area contributed by atoms with E-state index in [0.29, 0.717) is 18.7 Å². The molecule has 0 atom stereocenters. The highest BCUT2D eigenvalue weighted by Crippen LogP contribution is 2.42. The average Bonchev–Trinajstić information content (AvgIpc) is 2.62. The van der Waals surface area contributed by atoms with Crippen LogP contribution in [-0.4, -0.2) is 25.8 Å². The van der Waals surface area contributed by atoms with Gasteiger partial charge in [-0.15, -0.1) is 8.78 Å². The van der Waals surface area contributed by atoms with Crippen LogP contribution >= 0.6 is 0 Å². The second kappa shape index (κ2) is 4.67. The van der Waals surface area contributed by atoms with Gasteiger partial charge in [0.15, 0.2) is 11.5 Å². The van der Waals surface area contributed by atoms with Crippen molar-refractivity contribution in [3.63, 3.8) is 0 Å². The molecule has 0 saturated heterocycles. The Morgan fingerprint density at radius 2 is 2.06 bits per heavy atom. The van der Waals surface area contributed by atoms with Crippen molar-refractivity contribution in [3.8, 4) is 11.5 Å². The molecule has 1 aliphatic rings. The zero-order chi connectivity index (χ0) is 13.2. The summed E-state index contributed by atoms with van der Waals surface area (Å²) in [6.07, 6.45) is -3.32. The number of fused-ring (bicyclic) bond motifs is 1. The SMILES string of the molecule is CNC(=O)CCNc1ccc2c(c1)OC(F)(F)O2. The minimum Gasteiger partial charge on any atom is -0.395 e. The van der Waals surface area contributed by atoms with Crippen molar-refractivity contribution in [2.75, 3.05) is 18.9 Å². The van der Waals surface area contributed by atoms with Gasteiger partial charge < -0.3 is 20.1 Å². The molecule has 2 rings (SSSR count). The van der Waals surface area contributed by atoms with Crippen LogP contribution in [0.15, 0.2) is 18.2 Å². The maximum Gasteiger partial charge on any atom is 0.586 e. The number of carbonyl (C=O) groups is 1. The van der Waals surface area contributed by atoms with E-state index < -0.39 is 6.29 Å². The summed E-state index contributed by atoms with van der Waals surface area (Å²) in [6.45, 7) is 0.399. The van der Waals surface area contributed by atoms with E-state index in [9.17, 15) is 13.6 Å². The Labute approximate surface area is 102 Å². The fraction of sp³-hybridized carbons (Fsp3) is 0.364. The van der Waals surface area contributed by atoms with E-state index in [1.807, 2.05) is 0 Å². The van der Waals surface area contributed by atoms with Gasteiger partial charge in [-0.1, -0.05) is 0 Å². The molecule has 0 bridgehead atoms. The van der Waals surface area contributed by atoms with E-state index in [1.165, 1.54) is 12.1 Å². The number of nitrogens with one attached hydrogen (secondary N) is 2. The molecule has 0 spiro atoms. The lowest BCUT2D eigenvalue weighted by molar-refractivity contribution is -0.286. The van der Waals surface area contributed by atoms with Crippen molar-refractivity contribution in [1.29, 1.82) is 0 Å². The molecule has 0 radical (unpaired) electrons. The van der Waals surface area contributed by atoms with E-state index in [0.717, 1.165) is 0 Å². The number of anilines is 1. The molecule has 7 heteroatoms. The third kappa shape index (κ3) is 2.79. The molecule has 0 unspecified atom stereocenters. The molecule has 5 nitrogen and oxygen atoms in total. The molecule has 0 fully saturated rings.